The van der Waals surface area contributed by atoms with E-state index in [4.69, 9.17) is 14.2 Å². The lowest BCUT2D eigenvalue weighted by Crippen LogP contribution is -2.59. The number of rotatable bonds is 4. The Bertz CT molecular complexity index is 610. The Morgan fingerprint density at radius 1 is 1.42 bits per heavy atom. The third-order valence-electron chi connectivity index (χ3n) is 4.25. The fraction of sp³-hybridized carbons (Fsp3) is 0.647. The van der Waals surface area contributed by atoms with E-state index < -0.39 is 11.2 Å². The Hall–Kier alpha value is -1.02. The van der Waals surface area contributed by atoms with Crippen LogP contribution in [0.25, 0.3) is 0 Å². The Labute approximate surface area is 150 Å². The van der Waals surface area contributed by atoms with E-state index in [0.717, 1.165) is 23.3 Å². The van der Waals surface area contributed by atoms with Gasteiger partial charge in [0.2, 0.25) is 0 Å². The summed E-state index contributed by atoms with van der Waals surface area (Å²) in [5.74, 6) is -0.375. The van der Waals surface area contributed by atoms with Crippen molar-refractivity contribution in [1.82, 2.24) is 10.3 Å². The normalized spacial score (nSPS) is 25.5. The molecule has 0 bridgehead atoms. The van der Waals surface area contributed by atoms with Crippen LogP contribution in [0.3, 0.4) is 0 Å². The monoisotopic (exact) mass is 398 g/mol. The first-order valence-corrected chi connectivity index (χ1v) is 8.84. The Morgan fingerprint density at radius 2 is 2.17 bits per heavy atom. The summed E-state index contributed by atoms with van der Waals surface area (Å²) in [5.41, 5.74) is -0.496. The van der Waals surface area contributed by atoms with Crippen molar-refractivity contribution in [2.45, 2.75) is 44.0 Å². The number of carbonyl (C=O) groups is 1. The molecule has 7 heteroatoms. The molecule has 0 aromatic carbocycles. The lowest BCUT2D eigenvalue weighted by atomic mass is 9.83. The van der Waals surface area contributed by atoms with Gasteiger partial charge in [0.15, 0.2) is 0 Å². The van der Waals surface area contributed by atoms with Gasteiger partial charge >= 0.3 is 5.97 Å². The minimum Gasteiger partial charge on any atom is -0.458 e. The molecule has 1 atom stereocenters. The van der Waals surface area contributed by atoms with Crippen LogP contribution in [0.15, 0.2) is 22.9 Å². The number of aromatic nitrogens is 1. The van der Waals surface area contributed by atoms with Gasteiger partial charge < -0.3 is 19.5 Å². The molecule has 2 saturated heterocycles. The fourth-order valence-corrected chi connectivity index (χ4v) is 3.33. The second-order valence-corrected chi connectivity index (χ2v) is 8.30. The van der Waals surface area contributed by atoms with Gasteiger partial charge in [-0.15, -0.1) is 0 Å². The Morgan fingerprint density at radius 3 is 2.67 bits per heavy atom. The molecule has 0 aliphatic carbocycles. The molecule has 2 aliphatic heterocycles. The van der Waals surface area contributed by atoms with Crippen LogP contribution in [0.4, 0.5) is 0 Å². The zero-order chi connectivity index (χ0) is 17.4. The SMILES string of the molecule is CC(C)(C)OC(=O)COC1(c2ccc(Br)nc2)COC2(CNC2)C1. The second-order valence-electron chi connectivity index (χ2n) is 7.49. The minimum atomic E-state index is -0.674. The van der Waals surface area contributed by atoms with Gasteiger partial charge in [-0.3, -0.25) is 0 Å². The van der Waals surface area contributed by atoms with Crippen molar-refractivity contribution in [2.24, 2.45) is 0 Å². The van der Waals surface area contributed by atoms with Crippen LogP contribution < -0.4 is 5.32 Å². The van der Waals surface area contributed by atoms with Crippen molar-refractivity contribution < 1.29 is 19.0 Å². The molecule has 1 aromatic rings. The maximum Gasteiger partial charge on any atom is 0.332 e. The number of nitrogens with zero attached hydrogens (tertiary/aromatic N) is 1. The summed E-state index contributed by atoms with van der Waals surface area (Å²) in [6, 6.07) is 3.83. The van der Waals surface area contributed by atoms with Crippen molar-refractivity contribution in [1.29, 1.82) is 0 Å². The van der Waals surface area contributed by atoms with E-state index in [-0.39, 0.29) is 18.2 Å². The van der Waals surface area contributed by atoms with Crippen molar-refractivity contribution in [3.05, 3.63) is 28.5 Å². The Kier molecular flexibility index (Phi) is 4.72. The quantitative estimate of drug-likeness (QED) is 0.618. The third-order valence-corrected chi connectivity index (χ3v) is 4.72. The van der Waals surface area contributed by atoms with Gasteiger partial charge in [-0.2, -0.15) is 0 Å². The molecule has 0 saturated carbocycles. The van der Waals surface area contributed by atoms with Gasteiger partial charge in [0, 0.05) is 31.3 Å². The van der Waals surface area contributed by atoms with Crippen LogP contribution in [0.5, 0.6) is 0 Å². The topological polar surface area (TPSA) is 69.7 Å². The van der Waals surface area contributed by atoms with E-state index in [2.05, 4.69) is 26.2 Å². The predicted octanol–water partition coefficient (Wildman–Crippen LogP) is 2.16. The van der Waals surface area contributed by atoms with Crippen molar-refractivity contribution in [2.75, 3.05) is 26.3 Å². The first-order valence-electron chi connectivity index (χ1n) is 8.05. The maximum absolute atomic E-state index is 12.1. The highest BCUT2D eigenvalue weighted by Gasteiger charge is 2.54. The number of pyridine rings is 1. The number of carbonyl (C=O) groups excluding carboxylic acids is 1. The zero-order valence-corrected chi connectivity index (χ0v) is 15.8. The lowest BCUT2D eigenvalue weighted by molar-refractivity contribution is -0.168. The number of hydrogen-bond acceptors (Lipinski definition) is 6. The van der Waals surface area contributed by atoms with E-state index in [1.54, 1.807) is 6.20 Å². The van der Waals surface area contributed by atoms with Gasteiger partial charge in [0.05, 0.1) is 12.2 Å². The van der Waals surface area contributed by atoms with E-state index >= 15 is 0 Å². The average Bonchev–Trinajstić information content (AvgIpc) is 2.86. The number of nitrogens with one attached hydrogen (secondary N) is 1. The summed E-state index contributed by atoms with van der Waals surface area (Å²) in [6.07, 6.45) is 2.47. The van der Waals surface area contributed by atoms with Crippen LogP contribution in [0.2, 0.25) is 0 Å². The molecule has 6 nitrogen and oxygen atoms in total. The molecule has 132 valence electrons. The largest absolute Gasteiger partial charge is 0.458 e. The molecule has 1 spiro atoms. The molecule has 1 N–H and O–H groups in total. The second kappa shape index (κ2) is 6.37. The zero-order valence-electron chi connectivity index (χ0n) is 14.2. The summed E-state index contributed by atoms with van der Waals surface area (Å²) in [4.78, 5) is 16.4. The van der Waals surface area contributed by atoms with Gasteiger partial charge in [-0.1, -0.05) is 6.07 Å². The summed E-state index contributed by atoms with van der Waals surface area (Å²) < 4.78 is 18.2. The van der Waals surface area contributed by atoms with Crippen LogP contribution in [-0.4, -0.2) is 48.5 Å². The first kappa shape index (κ1) is 17.8. The van der Waals surface area contributed by atoms with Crippen molar-refractivity contribution >= 4 is 21.9 Å². The van der Waals surface area contributed by atoms with Gasteiger partial charge in [0.25, 0.3) is 0 Å². The molecule has 0 radical (unpaired) electrons. The van der Waals surface area contributed by atoms with E-state index in [9.17, 15) is 4.79 Å². The minimum absolute atomic E-state index is 0.111. The predicted molar refractivity (Wildman–Crippen MR) is 91.6 cm³/mol. The first-order chi connectivity index (χ1) is 11.2. The maximum atomic E-state index is 12.1. The highest BCUT2D eigenvalue weighted by Crippen LogP contribution is 2.44. The molecule has 2 aliphatic rings. The molecule has 3 rings (SSSR count). The van der Waals surface area contributed by atoms with E-state index in [1.807, 2.05) is 32.9 Å². The number of esters is 1. The molecular weight excluding hydrogens is 376 g/mol. The average molecular weight is 399 g/mol. The summed E-state index contributed by atoms with van der Waals surface area (Å²) in [5, 5.41) is 3.24. The highest BCUT2D eigenvalue weighted by molar-refractivity contribution is 9.10. The lowest BCUT2D eigenvalue weighted by Gasteiger charge is -2.39. The van der Waals surface area contributed by atoms with Crippen LogP contribution in [0.1, 0.15) is 32.8 Å². The standard InChI is InChI=1S/C17H23BrN2O4/c1-15(2,3)24-14(21)7-22-17(12-4-5-13(18)20-6-12)8-16(23-11-17)9-19-10-16/h4-6,19H,7-11H2,1-3H3. The number of ether oxygens (including phenoxy) is 3. The summed E-state index contributed by atoms with van der Waals surface area (Å²) >= 11 is 3.35. The van der Waals surface area contributed by atoms with E-state index in [0.29, 0.717) is 13.0 Å². The third kappa shape index (κ3) is 3.79. The van der Waals surface area contributed by atoms with E-state index in [1.165, 1.54) is 0 Å². The molecule has 1 aromatic heterocycles. The van der Waals surface area contributed by atoms with Gasteiger partial charge in [-0.25, -0.2) is 9.78 Å². The molecule has 2 fully saturated rings. The number of halogens is 1. The molecular formula is C17H23BrN2O4. The fourth-order valence-electron chi connectivity index (χ4n) is 3.10. The van der Waals surface area contributed by atoms with Crippen LogP contribution in [0, 0.1) is 0 Å². The molecule has 24 heavy (non-hydrogen) atoms. The molecule has 0 amide bonds. The van der Waals surface area contributed by atoms with Gasteiger partial charge in [-0.05, 0) is 42.8 Å². The number of hydrogen-bond donors (Lipinski definition) is 1. The summed E-state index contributed by atoms with van der Waals surface area (Å²) in [6.45, 7) is 7.41. The smallest absolute Gasteiger partial charge is 0.332 e. The summed E-state index contributed by atoms with van der Waals surface area (Å²) in [7, 11) is 0. The molecule has 3 heterocycles. The van der Waals surface area contributed by atoms with Crippen molar-refractivity contribution in [3.8, 4) is 0 Å². The van der Waals surface area contributed by atoms with Gasteiger partial charge in [0.1, 0.15) is 22.4 Å². The molecule has 1 unspecified atom stereocenters. The Balaban J connectivity index is 1.76. The van der Waals surface area contributed by atoms with Crippen molar-refractivity contribution in [3.63, 3.8) is 0 Å². The van der Waals surface area contributed by atoms with Crippen LogP contribution >= 0.6 is 15.9 Å². The highest BCUT2D eigenvalue weighted by atomic mass is 79.9. The van der Waals surface area contributed by atoms with Crippen LogP contribution in [-0.2, 0) is 24.6 Å².